The first-order chi connectivity index (χ1) is 9.45. The summed E-state index contributed by atoms with van der Waals surface area (Å²) in [6, 6.07) is 10.2. The van der Waals surface area contributed by atoms with Gasteiger partial charge < -0.3 is 11.1 Å². The van der Waals surface area contributed by atoms with Gasteiger partial charge in [0.05, 0.1) is 11.5 Å². The zero-order valence-corrected chi connectivity index (χ0v) is 12.7. The molecule has 1 aliphatic carbocycles. The van der Waals surface area contributed by atoms with E-state index in [0.29, 0.717) is 5.92 Å². The minimum absolute atomic E-state index is 0.0221. The summed E-state index contributed by atoms with van der Waals surface area (Å²) in [7, 11) is 0. The van der Waals surface area contributed by atoms with E-state index < -0.39 is 5.41 Å². The van der Waals surface area contributed by atoms with Crippen LogP contribution in [0.2, 0.25) is 0 Å². The molecule has 0 spiro atoms. The third kappa shape index (κ3) is 2.88. The number of benzene rings is 1. The van der Waals surface area contributed by atoms with Gasteiger partial charge in [0.15, 0.2) is 0 Å². The molecule has 2 rings (SSSR count). The summed E-state index contributed by atoms with van der Waals surface area (Å²) in [5.74, 6) is 0.452. The number of hydrogen-bond acceptors (Lipinski definition) is 2. The lowest BCUT2D eigenvalue weighted by Crippen LogP contribution is -2.49. The molecule has 1 aliphatic rings. The highest BCUT2D eigenvalue weighted by atomic mass is 16.2. The molecule has 0 saturated heterocycles. The van der Waals surface area contributed by atoms with Crippen molar-refractivity contribution in [1.82, 2.24) is 5.32 Å². The van der Waals surface area contributed by atoms with Crippen LogP contribution in [-0.4, -0.2) is 11.9 Å². The molecule has 1 saturated carbocycles. The number of rotatable bonds is 4. The van der Waals surface area contributed by atoms with E-state index in [1.54, 1.807) is 0 Å². The Morgan fingerprint density at radius 3 is 2.50 bits per heavy atom. The van der Waals surface area contributed by atoms with Crippen LogP contribution in [0.1, 0.15) is 51.6 Å². The molecule has 3 N–H and O–H groups in total. The first kappa shape index (κ1) is 15.0. The molecule has 0 aliphatic heterocycles. The van der Waals surface area contributed by atoms with Crippen molar-refractivity contribution in [2.75, 3.05) is 0 Å². The Kier molecular flexibility index (Phi) is 4.48. The molecule has 0 heterocycles. The van der Waals surface area contributed by atoms with Gasteiger partial charge in [0.2, 0.25) is 5.91 Å². The fourth-order valence-corrected chi connectivity index (χ4v) is 3.08. The predicted molar refractivity (Wildman–Crippen MR) is 82.1 cm³/mol. The molecule has 3 nitrogen and oxygen atoms in total. The van der Waals surface area contributed by atoms with Crippen molar-refractivity contribution in [2.24, 2.45) is 17.1 Å². The molecule has 0 radical (unpaired) electrons. The highest BCUT2D eigenvalue weighted by molar-refractivity contribution is 5.83. The number of nitrogens with one attached hydrogen (secondary N) is 1. The molecule has 3 atom stereocenters. The van der Waals surface area contributed by atoms with E-state index in [1.165, 1.54) is 0 Å². The lowest BCUT2D eigenvalue weighted by atomic mass is 9.83. The molecule has 0 aromatic heterocycles. The number of carbonyl (C=O) groups is 1. The molecule has 0 bridgehead atoms. The van der Waals surface area contributed by atoms with Gasteiger partial charge in [-0.25, -0.2) is 0 Å². The molecular formula is C17H26N2O. The van der Waals surface area contributed by atoms with E-state index in [2.05, 4.69) is 31.3 Å². The second-order valence-electron chi connectivity index (χ2n) is 6.52. The second kappa shape index (κ2) is 5.96. The molecule has 1 amide bonds. The standard InChI is InChI=1S/C17H26N2O/c1-12(2)15(13-8-5-4-6-9-13)19-16(20)17(3)11-7-10-14(17)18/h4-6,8-9,12,14-15H,7,10-11,18H2,1-3H3,(H,19,20). The summed E-state index contributed by atoms with van der Waals surface area (Å²) in [5.41, 5.74) is 6.89. The smallest absolute Gasteiger partial charge is 0.227 e. The largest absolute Gasteiger partial charge is 0.349 e. The van der Waals surface area contributed by atoms with Crippen LogP contribution in [0.15, 0.2) is 30.3 Å². The maximum atomic E-state index is 12.7. The van der Waals surface area contributed by atoms with Crippen LogP contribution in [0, 0.1) is 11.3 Å². The van der Waals surface area contributed by atoms with Crippen LogP contribution >= 0.6 is 0 Å². The second-order valence-corrected chi connectivity index (χ2v) is 6.52. The Labute approximate surface area is 121 Å². The van der Waals surface area contributed by atoms with Gasteiger partial charge in [-0.05, 0) is 31.2 Å². The Bertz CT molecular complexity index is 457. The van der Waals surface area contributed by atoms with Crippen LogP contribution in [-0.2, 0) is 4.79 Å². The minimum Gasteiger partial charge on any atom is -0.349 e. The summed E-state index contributed by atoms with van der Waals surface area (Å²) in [4.78, 5) is 12.7. The van der Waals surface area contributed by atoms with Crippen LogP contribution in [0.4, 0.5) is 0 Å². The van der Waals surface area contributed by atoms with Crippen molar-refractivity contribution < 1.29 is 4.79 Å². The minimum atomic E-state index is -0.415. The highest BCUT2D eigenvalue weighted by Crippen LogP contribution is 2.37. The van der Waals surface area contributed by atoms with E-state index in [-0.39, 0.29) is 18.0 Å². The van der Waals surface area contributed by atoms with Crippen molar-refractivity contribution in [3.8, 4) is 0 Å². The Balaban J connectivity index is 2.15. The molecule has 3 unspecified atom stereocenters. The SMILES string of the molecule is CC(C)C(NC(=O)C1(C)CCCC1N)c1ccccc1. The number of amides is 1. The van der Waals surface area contributed by atoms with E-state index in [9.17, 15) is 4.79 Å². The normalized spacial score (nSPS) is 27.6. The van der Waals surface area contributed by atoms with Gasteiger partial charge in [0.1, 0.15) is 0 Å². The zero-order valence-electron chi connectivity index (χ0n) is 12.7. The average molecular weight is 274 g/mol. The van der Waals surface area contributed by atoms with Crippen LogP contribution in [0.3, 0.4) is 0 Å². The highest BCUT2D eigenvalue weighted by Gasteiger charge is 2.43. The monoisotopic (exact) mass is 274 g/mol. The summed E-state index contributed by atoms with van der Waals surface area (Å²) < 4.78 is 0. The number of nitrogens with two attached hydrogens (primary N) is 1. The van der Waals surface area contributed by atoms with Crippen molar-refractivity contribution in [1.29, 1.82) is 0 Å². The Hall–Kier alpha value is -1.35. The Morgan fingerprint density at radius 1 is 1.35 bits per heavy atom. The van der Waals surface area contributed by atoms with Gasteiger partial charge >= 0.3 is 0 Å². The van der Waals surface area contributed by atoms with Crippen LogP contribution in [0.5, 0.6) is 0 Å². The third-order valence-electron chi connectivity index (χ3n) is 4.66. The lowest BCUT2D eigenvalue weighted by Gasteiger charge is -2.32. The summed E-state index contributed by atoms with van der Waals surface area (Å²) >= 11 is 0. The molecular weight excluding hydrogens is 248 g/mol. The third-order valence-corrected chi connectivity index (χ3v) is 4.66. The number of hydrogen-bond donors (Lipinski definition) is 2. The molecule has 110 valence electrons. The average Bonchev–Trinajstić information content (AvgIpc) is 2.77. The van der Waals surface area contributed by atoms with Gasteiger partial charge in [-0.15, -0.1) is 0 Å². The van der Waals surface area contributed by atoms with Gasteiger partial charge in [-0.1, -0.05) is 50.6 Å². The van der Waals surface area contributed by atoms with Crippen LogP contribution < -0.4 is 11.1 Å². The van der Waals surface area contributed by atoms with Gasteiger partial charge in [0, 0.05) is 6.04 Å². The molecule has 20 heavy (non-hydrogen) atoms. The van der Waals surface area contributed by atoms with E-state index in [0.717, 1.165) is 24.8 Å². The Morgan fingerprint density at radius 2 is 2.00 bits per heavy atom. The topological polar surface area (TPSA) is 55.1 Å². The van der Waals surface area contributed by atoms with Gasteiger partial charge in [-0.3, -0.25) is 4.79 Å². The molecule has 3 heteroatoms. The maximum Gasteiger partial charge on any atom is 0.227 e. The number of carbonyl (C=O) groups excluding carboxylic acids is 1. The van der Waals surface area contributed by atoms with Crippen molar-refractivity contribution in [2.45, 2.75) is 52.1 Å². The lowest BCUT2D eigenvalue weighted by molar-refractivity contribution is -0.131. The zero-order chi connectivity index (χ0) is 14.8. The van der Waals surface area contributed by atoms with E-state index in [4.69, 9.17) is 5.73 Å². The summed E-state index contributed by atoms with van der Waals surface area (Å²) in [5, 5.41) is 3.23. The predicted octanol–water partition coefficient (Wildman–Crippen LogP) is 3.02. The summed E-state index contributed by atoms with van der Waals surface area (Å²) in [6.07, 6.45) is 2.88. The summed E-state index contributed by atoms with van der Waals surface area (Å²) in [6.45, 7) is 6.27. The molecule has 1 aromatic carbocycles. The van der Waals surface area contributed by atoms with E-state index >= 15 is 0 Å². The van der Waals surface area contributed by atoms with Crippen molar-refractivity contribution in [3.05, 3.63) is 35.9 Å². The van der Waals surface area contributed by atoms with Gasteiger partial charge in [-0.2, -0.15) is 0 Å². The first-order valence-electron chi connectivity index (χ1n) is 7.56. The fraction of sp³-hybridized carbons (Fsp3) is 0.588. The quantitative estimate of drug-likeness (QED) is 0.886. The van der Waals surface area contributed by atoms with Gasteiger partial charge in [0.25, 0.3) is 0 Å². The van der Waals surface area contributed by atoms with Crippen molar-refractivity contribution >= 4 is 5.91 Å². The molecule has 1 aromatic rings. The molecule has 1 fully saturated rings. The van der Waals surface area contributed by atoms with Crippen LogP contribution in [0.25, 0.3) is 0 Å². The van der Waals surface area contributed by atoms with E-state index in [1.807, 2.05) is 25.1 Å². The van der Waals surface area contributed by atoms with Crippen molar-refractivity contribution in [3.63, 3.8) is 0 Å². The maximum absolute atomic E-state index is 12.7. The first-order valence-corrected chi connectivity index (χ1v) is 7.56. The fourth-order valence-electron chi connectivity index (χ4n) is 3.08.